The summed E-state index contributed by atoms with van der Waals surface area (Å²) in [5.41, 5.74) is 3.00. The largest absolute Gasteiger partial charge is 0.393 e. The molecule has 0 bridgehead atoms. The summed E-state index contributed by atoms with van der Waals surface area (Å²) < 4.78 is 2.82. The van der Waals surface area contributed by atoms with Gasteiger partial charge in [0.15, 0.2) is 5.65 Å². The summed E-state index contributed by atoms with van der Waals surface area (Å²) in [6.45, 7) is 4.68. The number of hydrogen-bond acceptors (Lipinski definition) is 5. The lowest BCUT2D eigenvalue weighted by Gasteiger charge is -2.28. The SMILES string of the molecule is CCn1ncc2c(N[C@H]3CCC[C@H](O)C3)c(C(=O)N[C@H](C)c3ccc(Br)cc3)cnc21. The molecule has 0 aliphatic heterocycles. The van der Waals surface area contributed by atoms with E-state index in [1.807, 2.05) is 42.8 Å². The highest BCUT2D eigenvalue weighted by molar-refractivity contribution is 9.10. The molecule has 0 unspecified atom stereocenters. The van der Waals surface area contributed by atoms with E-state index < -0.39 is 0 Å². The number of aliphatic hydroxyl groups excluding tert-OH is 1. The number of nitrogens with one attached hydrogen (secondary N) is 2. The predicted octanol–water partition coefficient (Wildman–Crippen LogP) is 4.42. The monoisotopic (exact) mass is 485 g/mol. The average molecular weight is 486 g/mol. The highest BCUT2D eigenvalue weighted by atomic mass is 79.9. The van der Waals surface area contributed by atoms with Crippen molar-refractivity contribution in [1.29, 1.82) is 0 Å². The van der Waals surface area contributed by atoms with E-state index in [9.17, 15) is 9.90 Å². The number of anilines is 1. The lowest BCUT2D eigenvalue weighted by molar-refractivity contribution is 0.0940. The molecule has 7 nitrogen and oxygen atoms in total. The number of rotatable bonds is 6. The Morgan fingerprint density at radius 1 is 1.29 bits per heavy atom. The number of halogens is 1. The number of carbonyl (C=O) groups is 1. The zero-order valence-electron chi connectivity index (χ0n) is 17.8. The van der Waals surface area contributed by atoms with Crippen molar-refractivity contribution in [2.45, 2.75) is 64.3 Å². The molecule has 1 aromatic carbocycles. The molecule has 31 heavy (non-hydrogen) atoms. The van der Waals surface area contributed by atoms with Gasteiger partial charge >= 0.3 is 0 Å². The van der Waals surface area contributed by atoms with Gasteiger partial charge in [0.1, 0.15) is 0 Å². The maximum atomic E-state index is 13.3. The molecule has 0 spiro atoms. The van der Waals surface area contributed by atoms with Crippen molar-refractivity contribution in [3.05, 3.63) is 52.3 Å². The summed E-state index contributed by atoms with van der Waals surface area (Å²) in [7, 11) is 0. The van der Waals surface area contributed by atoms with Crippen molar-refractivity contribution in [2.24, 2.45) is 0 Å². The first-order chi connectivity index (χ1) is 15.0. The topological polar surface area (TPSA) is 92.1 Å². The van der Waals surface area contributed by atoms with Crippen LogP contribution in [0.4, 0.5) is 5.69 Å². The molecule has 1 aliphatic rings. The van der Waals surface area contributed by atoms with Gasteiger partial charge in [-0.2, -0.15) is 5.10 Å². The Morgan fingerprint density at radius 3 is 2.77 bits per heavy atom. The first-order valence-electron chi connectivity index (χ1n) is 10.8. The summed E-state index contributed by atoms with van der Waals surface area (Å²) in [6, 6.07) is 7.86. The Bertz CT molecular complexity index is 1070. The third kappa shape index (κ3) is 4.75. The maximum Gasteiger partial charge on any atom is 0.255 e. The smallest absolute Gasteiger partial charge is 0.255 e. The van der Waals surface area contributed by atoms with Crippen LogP contribution >= 0.6 is 15.9 Å². The zero-order valence-corrected chi connectivity index (χ0v) is 19.4. The van der Waals surface area contributed by atoms with E-state index in [2.05, 4.69) is 36.6 Å². The van der Waals surface area contributed by atoms with Crippen molar-refractivity contribution in [1.82, 2.24) is 20.1 Å². The first kappa shape index (κ1) is 21.8. The van der Waals surface area contributed by atoms with Crippen molar-refractivity contribution in [2.75, 3.05) is 5.32 Å². The minimum absolute atomic E-state index is 0.106. The Kier molecular flexibility index (Phi) is 6.57. The molecule has 3 atom stereocenters. The summed E-state index contributed by atoms with van der Waals surface area (Å²) in [4.78, 5) is 17.8. The molecule has 1 aliphatic carbocycles. The van der Waals surface area contributed by atoms with Crippen molar-refractivity contribution >= 4 is 38.6 Å². The first-order valence-corrected chi connectivity index (χ1v) is 11.6. The van der Waals surface area contributed by atoms with Gasteiger partial charge in [-0.05, 0) is 57.2 Å². The van der Waals surface area contributed by atoms with Gasteiger partial charge in [0.25, 0.3) is 5.91 Å². The molecule has 0 radical (unpaired) electrons. The Labute approximate surface area is 190 Å². The highest BCUT2D eigenvalue weighted by Crippen LogP contribution is 2.30. The molecule has 0 saturated heterocycles. The molecule has 4 rings (SSSR count). The highest BCUT2D eigenvalue weighted by Gasteiger charge is 2.25. The number of amides is 1. The molecular weight excluding hydrogens is 458 g/mol. The van der Waals surface area contributed by atoms with E-state index in [0.29, 0.717) is 18.5 Å². The van der Waals surface area contributed by atoms with Crippen LogP contribution in [0, 0.1) is 0 Å². The molecule has 2 aromatic heterocycles. The van der Waals surface area contributed by atoms with Gasteiger partial charge in [-0.1, -0.05) is 28.1 Å². The number of nitrogens with zero attached hydrogens (tertiary/aromatic N) is 3. The molecule has 8 heteroatoms. The molecule has 164 valence electrons. The standard InChI is InChI=1S/C23H28BrN5O2/c1-3-29-22-19(13-26-29)21(28-17-5-4-6-18(30)11-17)20(12-25-22)23(31)27-14(2)15-7-9-16(24)10-8-15/h7-10,12-14,17-18,30H,3-6,11H2,1-2H3,(H,25,28)(H,27,31)/t14-,17+,18+/m1/s1. The number of aryl methyl sites for hydroxylation is 1. The van der Waals surface area contributed by atoms with Crippen LogP contribution in [0.5, 0.6) is 0 Å². The maximum absolute atomic E-state index is 13.3. The van der Waals surface area contributed by atoms with Gasteiger partial charge in [-0.25, -0.2) is 9.67 Å². The summed E-state index contributed by atoms with van der Waals surface area (Å²) in [5, 5.41) is 22.0. The van der Waals surface area contributed by atoms with E-state index in [-0.39, 0.29) is 24.1 Å². The van der Waals surface area contributed by atoms with Gasteiger partial charge in [0, 0.05) is 23.3 Å². The average Bonchev–Trinajstić information content (AvgIpc) is 3.18. The van der Waals surface area contributed by atoms with Gasteiger partial charge < -0.3 is 15.7 Å². The second-order valence-electron chi connectivity index (χ2n) is 8.15. The minimum atomic E-state index is -0.309. The van der Waals surface area contributed by atoms with E-state index in [1.165, 1.54) is 0 Å². The fraction of sp³-hybridized carbons (Fsp3) is 0.435. The number of benzene rings is 1. The molecule has 1 amide bonds. The van der Waals surface area contributed by atoms with E-state index in [1.54, 1.807) is 12.4 Å². The lowest BCUT2D eigenvalue weighted by Crippen LogP contribution is -2.32. The number of fused-ring (bicyclic) bond motifs is 1. The summed E-state index contributed by atoms with van der Waals surface area (Å²) >= 11 is 3.44. The van der Waals surface area contributed by atoms with Crippen LogP contribution in [0.25, 0.3) is 11.0 Å². The number of pyridine rings is 1. The molecule has 2 heterocycles. The van der Waals surface area contributed by atoms with Crippen LogP contribution in [-0.4, -0.2) is 37.9 Å². The predicted molar refractivity (Wildman–Crippen MR) is 125 cm³/mol. The Hall–Kier alpha value is -2.45. The fourth-order valence-electron chi connectivity index (χ4n) is 4.19. The van der Waals surface area contributed by atoms with Crippen molar-refractivity contribution in [3.63, 3.8) is 0 Å². The van der Waals surface area contributed by atoms with Gasteiger partial charge in [0.05, 0.1) is 35.0 Å². The van der Waals surface area contributed by atoms with E-state index >= 15 is 0 Å². The van der Waals surface area contributed by atoms with Gasteiger partial charge in [-0.15, -0.1) is 0 Å². The van der Waals surface area contributed by atoms with Crippen LogP contribution < -0.4 is 10.6 Å². The minimum Gasteiger partial charge on any atom is -0.393 e. The fourth-order valence-corrected chi connectivity index (χ4v) is 4.46. The zero-order chi connectivity index (χ0) is 22.0. The lowest BCUT2D eigenvalue weighted by atomic mass is 9.92. The molecule has 3 aromatic rings. The van der Waals surface area contributed by atoms with Crippen molar-refractivity contribution in [3.8, 4) is 0 Å². The molecular formula is C23H28BrN5O2. The van der Waals surface area contributed by atoms with Crippen molar-refractivity contribution < 1.29 is 9.90 Å². The number of aliphatic hydroxyl groups is 1. The normalized spacial score (nSPS) is 19.9. The molecule has 3 N–H and O–H groups in total. The van der Waals surface area contributed by atoms with E-state index in [0.717, 1.165) is 46.0 Å². The van der Waals surface area contributed by atoms with Gasteiger partial charge in [-0.3, -0.25) is 4.79 Å². The van der Waals surface area contributed by atoms with Gasteiger partial charge in [0.2, 0.25) is 0 Å². The Balaban J connectivity index is 1.65. The Morgan fingerprint density at radius 2 is 2.06 bits per heavy atom. The number of carbonyl (C=O) groups excluding carboxylic acids is 1. The van der Waals surface area contributed by atoms with E-state index in [4.69, 9.17) is 0 Å². The summed E-state index contributed by atoms with van der Waals surface area (Å²) in [6.07, 6.45) is 6.50. The third-order valence-electron chi connectivity index (χ3n) is 5.92. The summed E-state index contributed by atoms with van der Waals surface area (Å²) in [5.74, 6) is -0.187. The second-order valence-corrected chi connectivity index (χ2v) is 9.07. The molecule has 1 saturated carbocycles. The van der Waals surface area contributed by atoms with Crippen LogP contribution in [0.2, 0.25) is 0 Å². The number of aromatic nitrogens is 3. The molecule has 1 fully saturated rings. The second kappa shape index (κ2) is 9.36. The quantitative estimate of drug-likeness (QED) is 0.480. The van der Waals surface area contributed by atoms with Crippen LogP contribution in [0.15, 0.2) is 41.1 Å². The van der Waals surface area contributed by atoms with Crippen LogP contribution in [0.1, 0.15) is 61.5 Å². The van der Waals surface area contributed by atoms with Crippen LogP contribution in [0.3, 0.4) is 0 Å². The third-order valence-corrected chi connectivity index (χ3v) is 6.45. The van der Waals surface area contributed by atoms with Crippen LogP contribution in [-0.2, 0) is 6.54 Å². The number of hydrogen-bond donors (Lipinski definition) is 3.